The number of aliphatic hydroxyl groups excluding tert-OH is 1. The summed E-state index contributed by atoms with van der Waals surface area (Å²) >= 11 is 0. The molecule has 7 heteroatoms. The molecule has 21 heavy (non-hydrogen) atoms. The smallest absolute Gasteiger partial charge is 0.417 e. The molecule has 0 heterocycles. The molecule has 0 radical (unpaired) electrons. The third kappa shape index (κ3) is 4.20. The zero-order valence-electron chi connectivity index (χ0n) is 10.8. The monoisotopic (exact) mass is 300 g/mol. The van der Waals surface area contributed by atoms with Crippen LogP contribution < -0.4 is 0 Å². The van der Waals surface area contributed by atoms with E-state index in [0.717, 1.165) is 12.1 Å². The molecule has 0 aromatic heterocycles. The number of carboxylic acids is 1. The average molecular weight is 300 g/mol. The molecule has 0 fully saturated rings. The van der Waals surface area contributed by atoms with Crippen LogP contribution in [0.4, 0.5) is 13.2 Å². The van der Waals surface area contributed by atoms with Crippen molar-refractivity contribution in [2.75, 3.05) is 0 Å². The van der Waals surface area contributed by atoms with E-state index >= 15 is 0 Å². The van der Waals surface area contributed by atoms with Crippen LogP contribution >= 0.6 is 0 Å². The van der Waals surface area contributed by atoms with Gasteiger partial charge in [0.1, 0.15) is 5.76 Å². The van der Waals surface area contributed by atoms with Crippen LogP contribution in [0.25, 0.3) is 11.8 Å². The van der Waals surface area contributed by atoms with Gasteiger partial charge in [-0.1, -0.05) is 24.3 Å². The summed E-state index contributed by atoms with van der Waals surface area (Å²) in [5.41, 5.74) is -1.41. The van der Waals surface area contributed by atoms with Gasteiger partial charge in [-0.25, -0.2) is 4.79 Å². The topological polar surface area (TPSA) is 74.6 Å². The number of hydrogen-bond acceptors (Lipinski definition) is 3. The number of hydrogen-bond donors (Lipinski definition) is 2. The maximum absolute atomic E-state index is 12.9. The van der Waals surface area contributed by atoms with Crippen LogP contribution in [0.15, 0.2) is 30.4 Å². The zero-order valence-corrected chi connectivity index (χ0v) is 10.8. The lowest BCUT2D eigenvalue weighted by Gasteiger charge is -2.12. The first-order valence-electron chi connectivity index (χ1n) is 5.69. The van der Waals surface area contributed by atoms with Crippen molar-refractivity contribution < 1.29 is 33.0 Å². The summed E-state index contributed by atoms with van der Waals surface area (Å²) in [5.74, 6) is -4.10. The van der Waals surface area contributed by atoms with E-state index in [2.05, 4.69) is 0 Å². The van der Waals surface area contributed by atoms with Crippen LogP contribution in [-0.2, 0) is 15.8 Å². The fraction of sp³-hybridized carbons (Fsp3) is 0.143. The molecule has 1 aromatic carbocycles. The van der Waals surface area contributed by atoms with Crippen molar-refractivity contribution in [2.45, 2.75) is 13.1 Å². The number of benzene rings is 1. The first kappa shape index (κ1) is 16.5. The molecule has 0 amide bonds. The van der Waals surface area contributed by atoms with Crippen molar-refractivity contribution in [1.29, 1.82) is 0 Å². The molecule has 0 atom stereocenters. The Morgan fingerprint density at radius 1 is 1.19 bits per heavy atom. The second kappa shape index (κ2) is 6.25. The third-order valence-electron chi connectivity index (χ3n) is 2.48. The molecule has 0 aliphatic rings. The molecule has 0 aliphatic carbocycles. The fourth-order valence-electron chi connectivity index (χ4n) is 1.56. The van der Waals surface area contributed by atoms with Crippen molar-refractivity contribution in [1.82, 2.24) is 0 Å². The molecule has 0 bridgehead atoms. The number of carbonyl (C=O) groups is 2. The summed E-state index contributed by atoms with van der Waals surface area (Å²) in [6.45, 7) is 1.55. The normalized spacial score (nSPS) is 12.7. The number of alkyl halides is 3. The highest BCUT2D eigenvalue weighted by Crippen LogP contribution is 2.34. The van der Waals surface area contributed by atoms with E-state index < -0.39 is 29.3 Å². The van der Waals surface area contributed by atoms with Gasteiger partial charge in [-0.2, -0.15) is 13.2 Å². The highest BCUT2D eigenvalue weighted by atomic mass is 19.4. The van der Waals surface area contributed by atoms with E-state index in [1.165, 1.54) is 12.2 Å². The summed E-state index contributed by atoms with van der Waals surface area (Å²) in [6.07, 6.45) is -1.63. The number of rotatable bonds is 4. The molecule has 0 unspecified atom stereocenters. The Bertz CT molecular complexity index is 628. The predicted molar refractivity (Wildman–Crippen MR) is 69.4 cm³/mol. The molecular weight excluding hydrogens is 289 g/mol. The maximum Gasteiger partial charge on any atom is 0.417 e. The summed E-state index contributed by atoms with van der Waals surface area (Å²) < 4.78 is 38.7. The van der Waals surface area contributed by atoms with Gasteiger partial charge in [0.25, 0.3) is 5.78 Å². The van der Waals surface area contributed by atoms with Crippen molar-refractivity contribution >= 4 is 23.6 Å². The summed E-state index contributed by atoms with van der Waals surface area (Å²) in [4.78, 5) is 21.2. The molecule has 0 aliphatic heterocycles. The SMILES string of the molecule is C/C=C\c1ccc(/C(O)=C/C(=O)C(=O)O)cc1C(F)(F)F. The number of allylic oxidation sites excluding steroid dienone is 1. The maximum atomic E-state index is 12.9. The third-order valence-corrected chi connectivity index (χ3v) is 2.48. The Morgan fingerprint density at radius 2 is 1.81 bits per heavy atom. The fourth-order valence-corrected chi connectivity index (χ4v) is 1.56. The van der Waals surface area contributed by atoms with Crippen LogP contribution in [0.3, 0.4) is 0 Å². The molecule has 0 saturated carbocycles. The molecule has 0 spiro atoms. The van der Waals surface area contributed by atoms with E-state index in [9.17, 15) is 27.9 Å². The van der Waals surface area contributed by atoms with Gasteiger partial charge in [0.2, 0.25) is 0 Å². The lowest BCUT2D eigenvalue weighted by Crippen LogP contribution is -2.10. The molecular formula is C14H11F3O4. The molecule has 112 valence electrons. The van der Waals surface area contributed by atoms with Gasteiger partial charge in [0.15, 0.2) is 0 Å². The first-order valence-corrected chi connectivity index (χ1v) is 5.69. The second-order valence-corrected chi connectivity index (χ2v) is 4.00. The van der Waals surface area contributed by atoms with Gasteiger partial charge in [-0.05, 0) is 18.6 Å². The minimum absolute atomic E-state index is 0.105. The number of carboxylic acid groups (broad SMARTS) is 1. The standard InChI is InChI=1S/C14H11F3O4/c1-2-3-8-4-5-9(6-10(8)14(15,16)17)11(18)7-12(19)13(20)21/h2-7,18H,1H3,(H,20,21)/b3-2-,11-7-. The number of aliphatic hydroxyl groups is 1. The minimum atomic E-state index is -4.65. The van der Waals surface area contributed by atoms with Crippen LogP contribution in [0.1, 0.15) is 23.6 Å². The first-order chi connectivity index (χ1) is 9.66. The van der Waals surface area contributed by atoms with Gasteiger partial charge >= 0.3 is 12.1 Å². The highest BCUT2D eigenvalue weighted by molar-refractivity contribution is 6.38. The number of ketones is 1. The Morgan fingerprint density at radius 3 is 2.29 bits per heavy atom. The van der Waals surface area contributed by atoms with E-state index in [4.69, 9.17) is 5.11 Å². The molecule has 1 aromatic rings. The van der Waals surface area contributed by atoms with E-state index in [1.807, 2.05) is 0 Å². The number of carbonyl (C=O) groups excluding carboxylic acids is 1. The number of aliphatic carboxylic acids is 1. The van der Waals surface area contributed by atoms with Crippen molar-refractivity contribution in [3.63, 3.8) is 0 Å². The molecule has 4 nitrogen and oxygen atoms in total. The molecule has 0 saturated heterocycles. The summed E-state index contributed by atoms with van der Waals surface area (Å²) in [5, 5.41) is 17.9. The predicted octanol–water partition coefficient (Wildman–Crippen LogP) is 3.29. The van der Waals surface area contributed by atoms with Gasteiger partial charge in [0, 0.05) is 11.6 Å². The lowest BCUT2D eigenvalue weighted by molar-refractivity contribution is -0.146. The Hall–Kier alpha value is -2.57. The molecule has 2 N–H and O–H groups in total. The quantitative estimate of drug-likeness (QED) is 0.508. The van der Waals surface area contributed by atoms with Gasteiger partial charge in [0.05, 0.1) is 5.56 Å². The summed E-state index contributed by atoms with van der Waals surface area (Å²) in [6, 6.07) is 2.93. The Balaban J connectivity index is 3.35. The minimum Gasteiger partial charge on any atom is -0.507 e. The van der Waals surface area contributed by atoms with Gasteiger partial charge in [-0.15, -0.1) is 0 Å². The summed E-state index contributed by atoms with van der Waals surface area (Å²) in [7, 11) is 0. The second-order valence-electron chi connectivity index (χ2n) is 4.00. The van der Waals surface area contributed by atoms with Crippen LogP contribution in [0.2, 0.25) is 0 Å². The number of halogens is 3. The van der Waals surface area contributed by atoms with Crippen molar-refractivity contribution in [3.8, 4) is 0 Å². The van der Waals surface area contributed by atoms with E-state index in [0.29, 0.717) is 12.1 Å². The van der Waals surface area contributed by atoms with Gasteiger partial charge in [-0.3, -0.25) is 4.79 Å². The van der Waals surface area contributed by atoms with Crippen LogP contribution in [0, 0.1) is 0 Å². The Labute approximate surface area is 117 Å². The van der Waals surface area contributed by atoms with E-state index in [-0.39, 0.29) is 11.1 Å². The van der Waals surface area contributed by atoms with Crippen molar-refractivity contribution in [2.24, 2.45) is 0 Å². The molecule has 1 rings (SSSR count). The largest absolute Gasteiger partial charge is 0.507 e. The van der Waals surface area contributed by atoms with E-state index in [1.54, 1.807) is 6.92 Å². The highest BCUT2D eigenvalue weighted by Gasteiger charge is 2.33. The average Bonchev–Trinajstić information content (AvgIpc) is 2.37. The van der Waals surface area contributed by atoms with Crippen molar-refractivity contribution in [3.05, 3.63) is 47.0 Å². The zero-order chi connectivity index (χ0) is 16.2. The lowest BCUT2D eigenvalue weighted by atomic mass is 10.0. The Kier molecular flexibility index (Phi) is 4.91. The van der Waals surface area contributed by atoms with Gasteiger partial charge < -0.3 is 10.2 Å². The van der Waals surface area contributed by atoms with Crippen LogP contribution in [-0.4, -0.2) is 22.0 Å². The van der Waals surface area contributed by atoms with Crippen LogP contribution in [0.5, 0.6) is 0 Å².